The molecule has 5 heteroatoms. The van der Waals surface area contributed by atoms with Crippen molar-refractivity contribution >= 4 is 17.6 Å². The lowest BCUT2D eigenvalue weighted by atomic mass is 10.0. The highest BCUT2D eigenvalue weighted by atomic mass is 16.4. The third kappa shape index (κ3) is 3.81. The maximum Gasteiger partial charge on any atom is 0.335 e. The molecule has 1 aromatic rings. The number of aromatic carboxylic acids is 1. The first kappa shape index (κ1) is 14.5. The Hall–Kier alpha value is -1.88. The summed E-state index contributed by atoms with van der Waals surface area (Å²) in [7, 11) is 0. The van der Waals surface area contributed by atoms with Crippen LogP contribution in [-0.4, -0.2) is 30.1 Å². The van der Waals surface area contributed by atoms with Crippen LogP contribution in [0.3, 0.4) is 0 Å². The van der Waals surface area contributed by atoms with Gasteiger partial charge in [-0.1, -0.05) is 6.07 Å². The summed E-state index contributed by atoms with van der Waals surface area (Å²) in [6, 6.07) is 4.75. The molecule has 1 heterocycles. The lowest BCUT2D eigenvalue weighted by Gasteiger charge is -2.11. The molecule has 5 nitrogen and oxygen atoms in total. The van der Waals surface area contributed by atoms with Crippen LogP contribution in [0.4, 0.5) is 5.69 Å². The van der Waals surface area contributed by atoms with Gasteiger partial charge in [-0.3, -0.25) is 4.79 Å². The van der Waals surface area contributed by atoms with Gasteiger partial charge < -0.3 is 15.7 Å². The molecule has 0 spiro atoms. The molecule has 1 amide bonds. The average Bonchev–Trinajstić information content (AvgIpc) is 2.92. The first-order valence-electron chi connectivity index (χ1n) is 6.91. The number of rotatable bonds is 5. The van der Waals surface area contributed by atoms with E-state index >= 15 is 0 Å². The number of hydrogen-bond acceptors (Lipinski definition) is 3. The quantitative estimate of drug-likeness (QED) is 0.769. The fourth-order valence-corrected chi connectivity index (χ4v) is 2.40. The highest BCUT2D eigenvalue weighted by Gasteiger charge is 2.16. The van der Waals surface area contributed by atoms with E-state index in [1.807, 2.05) is 6.92 Å². The molecule has 1 aliphatic rings. The van der Waals surface area contributed by atoms with E-state index in [1.165, 1.54) is 12.1 Å². The summed E-state index contributed by atoms with van der Waals surface area (Å²) in [5.74, 6) is -0.465. The third-order valence-corrected chi connectivity index (χ3v) is 3.70. The number of carbonyl (C=O) groups is 2. The molecule has 1 unspecified atom stereocenters. The highest BCUT2D eigenvalue weighted by molar-refractivity contribution is 5.94. The van der Waals surface area contributed by atoms with Crippen LogP contribution in [0.2, 0.25) is 0 Å². The fourth-order valence-electron chi connectivity index (χ4n) is 2.40. The van der Waals surface area contributed by atoms with E-state index < -0.39 is 5.97 Å². The number of carboxylic acid groups (broad SMARTS) is 1. The Bertz CT molecular complexity index is 508. The van der Waals surface area contributed by atoms with Crippen LogP contribution in [-0.2, 0) is 4.79 Å². The first-order chi connectivity index (χ1) is 9.56. The Kier molecular flexibility index (Phi) is 4.74. The zero-order valence-electron chi connectivity index (χ0n) is 11.6. The molecule has 1 saturated heterocycles. The molecule has 1 atom stereocenters. The van der Waals surface area contributed by atoms with Gasteiger partial charge in [0.1, 0.15) is 0 Å². The second-order valence-electron chi connectivity index (χ2n) is 5.28. The molecule has 0 aromatic heterocycles. The molecule has 1 aliphatic heterocycles. The van der Waals surface area contributed by atoms with E-state index in [2.05, 4.69) is 10.6 Å². The van der Waals surface area contributed by atoms with Crippen LogP contribution in [0.5, 0.6) is 0 Å². The average molecular weight is 276 g/mol. The van der Waals surface area contributed by atoms with Gasteiger partial charge in [0.25, 0.3) is 0 Å². The standard InChI is InChI=1S/C15H20N2O3/c1-10-2-4-12(15(19)20)8-13(10)17-14(18)5-3-11-6-7-16-9-11/h2,4,8,11,16H,3,5-7,9H2,1H3,(H,17,18)(H,19,20). The number of anilines is 1. The monoisotopic (exact) mass is 276 g/mol. The van der Waals surface area contributed by atoms with E-state index in [-0.39, 0.29) is 11.5 Å². The summed E-state index contributed by atoms with van der Waals surface area (Å²) in [6.45, 7) is 3.87. The van der Waals surface area contributed by atoms with Crippen molar-refractivity contribution in [3.8, 4) is 0 Å². The minimum atomic E-state index is -0.988. The van der Waals surface area contributed by atoms with Gasteiger partial charge in [0, 0.05) is 12.1 Å². The molecule has 0 aliphatic carbocycles. The largest absolute Gasteiger partial charge is 0.478 e. The Morgan fingerprint density at radius 3 is 2.90 bits per heavy atom. The third-order valence-electron chi connectivity index (χ3n) is 3.70. The van der Waals surface area contributed by atoms with Gasteiger partial charge in [0.05, 0.1) is 5.56 Å². The van der Waals surface area contributed by atoms with Crippen LogP contribution >= 0.6 is 0 Å². The van der Waals surface area contributed by atoms with Crippen LogP contribution in [0.1, 0.15) is 35.2 Å². The fraction of sp³-hybridized carbons (Fsp3) is 0.467. The molecule has 2 rings (SSSR count). The van der Waals surface area contributed by atoms with E-state index in [0.29, 0.717) is 18.0 Å². The predicted octanol–water partition coefficient (Wildman–Crippen LogP) is 2.02. The Morgan fingerprint density at radius 1 is 1.45 bits per heavy atom. The lowest BCUT2D eigenvalue weighted by molar-refractivity contribution is -0.116. The van der Waals surface area contributed by atoms with Gasteiger partial charge in [-0.05, 0) is 56.5 Å². The Morgan fingerprint density at radius 2 is 2.25 bits per heavy atom. The van der Waals surface area contributed by atoms with Crippen LogP contribution in [0, 0.1) is 12.8 Å². The summed E-state index contributed by atoms with van der Waals surface area (Å²) in [5, 5.41) is 15.0. The van der Waals surface area contributed by atoms with E-state index in [0.717, 1.165) is 31.5 Å². The van der Waals surface area contributed by atoms with E-state index in [9.17, 15) is 9.59 Å². The number of hydrogen-bond donors (Lipinski definition) is 3. The van der Waals surface area contributed by atoms with Crippen molar-refractivity contribution in [2.24, 2.45) is 5.92 Å². The molecular weight excluding hydrogens is 256 g/mol. The number of benzene rings is 1. The molecule has 1 fully saturated rings. The van der Waals surface area contributed by atoms with Crippen LogP contribution in [0.25, 0.3) is 0 Å². The molecular formula is C15H20N2O3. The molecule has 1 aromatic carbocycles. The van der Waals surface area contributed by atoms with Crippen molar-refractivity contribution in [2.75, 3.05) is 18.4 Å². The maximum absolute atomic E-state index is 11.9. The summed E-state index contributed by atoms with van der Waals surface area (Å²) in [6.07, 6.45) is 2.47. The van der Waals surface area contributed by atoms with Crippen molar-refractivity contribution in [1.29, 1.82) is 0 Å². The van der Waals surface area contributed by atoms with Crippen LogP contribution < -0.4 is 10.6 Å². The number of nitrogens with one attached hydrogen (secondary N) is 2. The number of aryl methyl sites for hydroxylation is 1. The predicted molar refractivity (Wildman–Crippen MR) is 77.0 cm³/mol. The Labute approximate surface area is 118 Å². The van der Waals surface area contributed by atoms with Crippen molar-refractivity contribution < 1.29 is 14.7 Å². The normalized spacial score (nSPS) is 17.9. The van der Waals surface area contributed by atoms with Crippen LogP contribution in [0.15, 0.2) is 18.2 Å². The van der Waals surface area contributed by atoms with Gasteiger partial charge in [0.15, 0.2) is 0 Å². The minimum absolute atomic E-state index is 0.0532. The van der Waals surface area contributed by atoms with E-state index in [1.54, 1.807) is 6.07 Å². The molecule has 3 N–H and O–H groups in total. The maximum atomic E-state index is 11.9. The molecule has 108 valence electrons. The molecule has 20 heavy (non-hydrogen) atoms. The topological polar surface area (TPSA) is 78.4 Å². The second-order valence-corrected chi connectivity index (χ2v) is 5.28. The SMILES string of the molecule is Cc1ccc(C(=O)O)cc1NC(=O)CCC1CCNC1. The minimum Gasteiger partial charge on any atom is -0.478 e. The summed E-state index contributed by atoms with van der Waals surface area (Å²) in [4.78, 5) is 22.9. The van der Waals surface area contributed by atoms with Crippen molar-refractivity contribution in [3.63, 3.8) is 0 Å². The number of carboxylic acids is 1. The number of amides is 1. The zero-order chi connectivity index (χ0) is 14.5. The van der Waals surface area contributed by atoms with Gasteiger partial charge in [0.2, 0.25) is 5.91 Å². The number of carbonyl (C=O) groups excluding carboxylic acids is 1. The first-order valence-corrected chi connectivity index (χ1v) is 6.91. The summed E-state index contributed by atoms with van der Waals surface area (Å²) >= 11 is 0. The molecule has 0 radical (unpaired) electrons. The van der Waals surface area contributed by atoms with Crippen molar-refractivity contribution in [2.45, 2.75) is 26.2 Å². The van der Waals surface area contributed by atoms with Crippen molar-refractivity contribution in [1.82, 2.24) is 5.32 Å². The van der Waals surface area contributed by atoms with Gasteiger partial charge in [-0.15, -0.1) is 0 Å². The summed E-state index contributed by atoms with van der Waals surface area (Å²) < 4.78 is 0. The Balaban J connectivity index is 1.92. The van der Waals surface area contributed by atoms with Gasteiger partial charge in [-0.25, -0.2) is 4.79 Å². The van der Waals surface area contributed by atoms with Gasteiger partial charge >= 0.3 is 5.97 Å². The molecule has 0 saturated carbocycles. The van der Waals surface area contributed by atoms with E-state index in [4.69, 9.17) is 5.11 Å². The zero-order valence-corrected chi connectivity index (χ0v) is 11.6. The smallest absolute Gasteiger partial charge is 0.335 e. The van der Waals surface area contributed by atoms with Gasteiger partial charge in [-0.2, -0.15) is 0 Å². The second kappa shape index (κ2) is 6.52. The molecule has 0 bridgehead atoms. The summed E-state index contributed by atoms with van der Waals surface area (Å²) in [5.41, 5.74) is 1.64. The van der Waals surface area contributed by atoms with Crippen molar-refractivity contribution in [3.05, 3.63) is 29.3 Å². The highest BCUT2D eigenvalue weighted by Crippen LogP contribution is 2.19. The lowest BCUT2D eigenvalue weighted by Crippen LogP contribution is -2.16.